The highest BCUT2D eigenvalue weighted by atomic mass is 35.5. The highest BCUT2D eigenvalue weighted by molar-refractivity contribution is 6.06. The number of anilines is 1. The minimum Gasteiger partial charge on any atom is -0.478 e. The molecule has 1 aliphatic heterocycles. The molecule has 1 amide bonds. The molecule has 8 heteroatoms. The zero-order valence-electron chi connectivity index (χ0n) is 19.2. The number of nitrogens with one attached hydrogen (secondary N) is 1. The molecule has 2 N–H and O–H groups in total. The fraction of sp³-hybridized carbons (Fsp3) is 0.308. The Hall–Kier alpha value is -3.13. The molecule has 0 bridgehead atoms. The van der Waals surface area contributed by atoms with Gasteiger partial charge in [0.2, 0.25) is 0 Å². The molecule has 3 aromatic rings. The van der Waals surface area contributed by atoms with E-state index in [1.165, 1.54) is 12.1 Å². The average Bonchev–Trinajstić information content (AvgIpc) is 3.17. The molecule has 1 fully saturated rings. The maximum absolute atomic E-state index is 13.1. The van der Waals surface area contributed by atoms with Crippen molar-refractivity contribution >= 4 is 30.0 Å². The number of carboxylic acids is 1. The summed E-state index contributed by atoms with van der Waals surface area (Å²) < 4.78 is 7.64. The zero-order chi connectivity index (χ0) is 23.2. The molecule has 0 aliphatic carbocycles. The van der Waals surface area contributed by atoms with Crippen molar-refractivity contribution in [2.75, 3.05) is 38.2 Å². The van der Waals surface area contributed by atoms with E-state index in [0.29, 0.717) is 11.3 Å². The Morgan fingerprint density at radius 1 is 1.00 bits per heavy atom. The summed E-state index contributed by atoms with van der Waals surface area (Å²) in [6, 6.07) is 18.3. The quantitative estimate of drug-likeness (QED) is 0.490. The van der Waals surface area contributed by atoms with E-state index < -0.39 is 5.97 Å². The van der Waals surface area contributed by atoms with Crippen molar-refractivity contribution in [2.24, 2.45) is 0 Å². The summed E-state index contributed by atoms with van der Waals surface area (Å²) in [7, 11) is 0. The standard InChI is InChI=1S/C26H29N3O4.ClH/c1-19-23(25(30)27-22-10-5-9-21(17-22)26(31)32)18-24(20-7-3-2-4-8-20)29(19)12-6-11-28-13-15-33-16-14-28;/h2-5,7-10,17-18H,6,11-16H2,1H3,(H,27,30)(H,31,32);1H. The van der Waals surface area contributed by atoms with Gasteiger partial charge < -0.3 is 19.7 Å². The second kappa shape index (κ2) is 11.8. The van der Waals surface area contributed by atoms with Gasteiger partial charge in [0.25, 0.3) is 5.91 Å². The van der Waals surface area contributed by atoms with Gasteiger partial charge in [0, 0.05) is 43.3 Å². The lowest BCUT2D eigenvalue weighted by Crippen LogP contribution is -2.37. The maximum Gasteiger partial charge on any atom is 0.335 e. The molecule has 0 atom stereocenters. The predicted octanol–water partition coefficient (Wildman–Crippen LogP) is 4.56. The number of aromatic carboxylic acids is 1. The Morgan fingerprint density at radius 3 is 2.44 bits per heavy atom. The Balaban J connectivity index is 0.00000324. The molecule has 1 aromatic heterocycles. The van der Waals surface area contributed by atoms with E-state index in [0.717, 1.165) is 62.8 Å². The molecular formula is C26H30ClN3O4. The molecule has 2 heterocycles. The van der Waals surface area contributed by atoms with Gasteiger partial charge in [-0.15, -0.1) is 12.4 Å². The van der Waals surface area contributed by atoms with Crippen LogP contribution in [-0.4, -0.2) is 59.3 Å². The van der Waals surface area contributed by atoms with Crippen molar-refractivity contribution in [1.29, 1.82) is 0 Å². The van der Waals surface area contributed by atoms with Gasteiger partial charge in [-0.1, -0.05) is 36.4 Å². The predicted molar refractivity (Wildman–Crippen MR) is 135 cm³/mol. The number of ether oxygens (including phenoxy) is 1. The van der Waals surface area contributed by atoms with Gasteiger partial charge in [0.15, 0.2) is 0 Å². The lowest BCUT2D eigenvalue weighted by atomic mass is 10.1. The first kappa shape index (κ1) is 25.5. The molecule has 1 aliphatic rings. The number of amides is 1. The second-order valence-corrected chi connectivity index (χ2v) is 8.19. The van der Waals surface area contributed by atoms with Gasteiger partial charge in [-0.25, -0.2) is 4.79 Å². The van der Waals surface area contributed by atoms with E-state index in [9.17, 15) is 14.7 Å². The molecule has 180 valence electrons. The first-order valence-corrected chi connectivity index (χ1v) is 11.2. The van der Waals surface area contributed by atoms with E-state index in [1.807, 2.05) is 43.3 Å². The van der Waals surface area contributed by atoms with Crippen LogP contribution in [0.5, 0.6) is 0 Å². The molecule has 2 aromatic carbocycles. The summed E-state index contributed by atoms with van der Waals surface area (Å²) in [5.41, 5.74) is 4.12. The van der Waals surface area contributed by atoms with Crippen molar-refractivity contribution in [3.05, 3.63) is 77.5 Å². The second-order valence-electron chi connectivity index (χ2n) is 8.19. The third-order valence-corrected chi connectivity index (χ3v) is 6.01. The monoisotopic (exact) mass is 483 g/mol. The summed E-state index contributed by atoms with van der Waals surface area (Å²) in [6.45, 7) is 7.23. The number of morpholine rings is 1. The number of carbonyl (C=O) groups is 2. The van der Waals surface area contributed by atoms with Gasteiger partial charge >= 0.3 is 5.97 Å². The van der Waals surface area contributed by atoms with Crippen LogP contribution in [0.25, 0.3) is 11.3 Å². The first-order valence-electron chi connectivity index (χ1n) is 11.2. The van der Waals surface area contributed by atoms with Crippen LogP contribution in [0.3, 0.4) is 0 Å². The van der Waals surface area contributed by atoms with Gasteiger partial charge in [0.1, 0.15) is 0 Å². The number of carboxylic acid groups (broad SMARTS) is 1. The number of aromatic nitrogens is 1. The van der Waals surface area contributed by atoms with E-state index in [1.54, 1.807) is 12.1 Å². The number of nitrogens with zero attached hydrogens (tertiary/aromatic N) is 2. The summed E-state index contributed by atoms with van der Waals surface area (Å²) in [4.78, 5) is 26.8. The normalized spacial score (nSPS) is 13.8. The van der Waals surface area contributed by atoms with Crippen LogP contribution in [0.15, 0.2) is 60.7 Å². The van der Waals surface area contributed by atoms with Crippen molar-refractivity contribution in [2.45, 2.75) is 19.9 Å². The Bertz CT molecular complexity index is 1120. The van der Waals surface area contributed by atoms with Gasteiger partial charge in [0.05, 0.1) is 24.3 Å². The van der Waals surface area contributed by atoms with Crippen molar-refractivity contribution in [1.82, 2.24) is 9.47 Å². The van der Waals surface area contributed by atoms with Crippen LogP contribution in [0.1, 0.15) is 32.8 Å². The topological polar surface area (TPSA) is 83.8 Å². The summed E-state index contributed by atoms with van der Waals surface area (Å²) in [5, 5.41) is 12.1. The van der Waals surface area contributed by atoms with Crippen LogP contribution in [0, 0.1) is 6.92 Å². The Morgan fingerprint density at radius 2 is 1.74 bits per heavy atom. The maximum atomic E-state index is 13.1. The van der Waals surface area contributed by atoms with Gasteiger partial charge in [-0.3, -0.25) is 9.69 Å². The summed E-state index contributed by atoms with van der Waals surface area (Å²) in [5.74, 6) is -1.28. The molecule has 0 saturated carbocycles. The highest BCUT2D eigenvalue weighted by Gasteiger charge is 2.19. The lowest BCUT2D eigenvalue weighted by Gasteiger charge is -2.26. The summed E-state index contributed by atoms with van der Waals surface area (Å²) >= 11 is 0. The molecule has 4 rings (SSSR count). The third kappa shape index (κ3) is 6.05. The van der Waals surface area contributed by atoms with Crippen LogP contribution in [0.4, 0.5) is 5.69 Å². The number of hydrogen-bond donors (Lipinski definition) is 2. The van der Waals surface area contributed by atoms with Gasteiger partial charge in [-0.2, -0.15) is 0 Å². The summed E-state index contributed by atoms with van der Waals surface area (Å²) in [6.07, 6.45) is 0.969. The number of benzene rings is 2. The minimum atomic E-state index is -1.03. The lowest BCUT2D eigenvalue weighted by molar-refractivity contribution is 0.0369. The number of rotatable bonds is 8. The average molecular weight is 484 g/mol. The van der Waals surface area contributed by atoms with E-state index >= 15 is 0 Å². The number of halogens is 1. The van der Waals surface area contributed by atoms with Crippen LogP contribution < -0.4 is 5.32 Å². The fourth-order valence-electron chi connectivity index (χ4n) is 4.22. The number of carbonyl (C=O) groups excluding carboxylic acids is 1. The smallest absolute Gasteiger partial charge is 0.335 e. The Kier molecular flexibility index (Phi) is 8.87. The van der Waals surface area contributed by atoms with Crippen LogP contribution in [0.2, 0.25) is 0 Å². The minimum absolute atomic E-state index is 0. The molecule has 0 radical (unpaired) electrons. The molecule has 0 unspecified atom stereocenters. The molecule has 1 saturated heterocycles. The fourth-order valence-corrected chi connectivity index (χ4v) is 4.22. The van der Waals surface area contributed by atoms with E-state index in [-0.39, 0.29) is 23.9 Å². The van der Waals surface area contributed by atoms with Gasteiger partial charge in [-0.05, 0) is 43.2 Å². The van der Waals surface area contributed by atoms with E-state index in [2.05, 4.69) is 14.8 Å². The number of hydrogen-bond acceptors (Lipinski definition) is 4. The molecule has 7 nitrogen and oxygen atoms in total. The third-order valence-electron chi connectivity index (χ3n) is 6.01. The van der Waals surface area contributed by atoms with E-state index in [4.69, 9.17) is 4.74 Å². The van der Waals surface area contributed by atoms with Crippen molar-refractivity contribution in [3.63, 3.8) is 0 Å². The van der Waals surface area contributed by atoms with Crippen LogP contribution in [-0.2, 0) is 11.3 Å². The van der Waals surface area contributed by atoms with Crippen molar-refractivity contribution in [3.8, 4) is 11.3 Å². The largest absolute Gasteiger partial charge is 0.478 e. The zero-order valence-corrected chi connectivity index (χ0v) is 20.0. The molecule has 0 spiro atoms. The SMILES string of the molecule is Cc1c(C(=O)Nc2cccc(C(=O)O)c2)cc(-c2ccccc2)n1CCCN1CCOCC1.Cl. The first-order chi connectivity index (χ1) is 16.0. The molecule has 34 heavy (non-hydrogen) atoms. The Labute approximate surface area is 205 Å². The molecular weight excluding hydrogens is 454 g/mol. The highest BCUT2D eigenvalue weighted by Crippen LogP contribution is 2.27. The van der Waals surface area contributed by atoms with Crippen LogP contribution >= 0.6 is 12.4 Å². The van der Waals surface area contributed by atoms with Crippen molar-refractivity contribution < 1.29 is 19.4 Å².